The van der Waals surface area contributed by atoms with E-state index in [1.54, 1.807) is 13.0 Å². The van der Waals surface area contributed by atoms with Gasteiger partial charge in [0, 0.05) is 5.69 Å². The lowest BCUT2D eigenvalue weighted by Gasteiger charge is -2.11. The summed E-state index contributed by atoms with van der Waals surface area (Å²) in [7, 11) is -3.82. The van der Waals surface area contributed by atoms with Gasteiger partial charge in [0.15, 0.2) is 0 Å². The summed E-state index contributed by atoms with van der Waals surface area (Å²) in [5.74, 6) is -1.14. The van der Waals surface area contributed by atoms with Crippen molar-refractivity contribution in [3.05, 3.63) is 58.7 Å². The predicted octanol–water partition coefficient (Wildman–Crippen LogP) is 2.98. The molecule has 5 nitrogen and oxygen atoms in total. The van der Waals surface area contributed by atoms with Crippen LogP contribution >= 0.6 is 0 Å². The predicted molar refractivity (Wildman–Crippen MR) is 87.4 cm³/mol. The second-order valence-corrected chi connectivity index (χ2v) is 7.41. The number of fused-ring (bicyclic) bond motifs is 1. The number of hydrogen-bond acceptors (Lipinski definition) is 3. The normalized spacial score (nSPS) is 13.6. The van der Waals surface area contributed by atoms with Crippen LogP contribution in [-0.4, -0.2) is 19.5 Å². The third-order valence-electron chi connectivity index (χ3n) is 4.10. The Kier molecular flexibility index (Phi) is 3.85. The molecule has 1 aliphatic carbocycles. The molecule has 2 N–H and O–H groups in total. The van der Waals surface area contributed by atoms with E-state index in [2.05, 4.69) is 4.72 Å². The van der Waals surface area contributed by atoms with Gasteiger partial charge in [-0.25, -0.2) is 13.2 Å². The van der Waals surface area contributed by atoms with Crippen molar-refractivity contribution in [1.82, 2.24) is 0 Å². The fourth-order valence-corrected chi connectivity index (χ4v) is 3.92. The van der Waals surface area contributed by atoms with Crippen LogP contribution in [0.3, 0.4) is 0 Å². The number of hydrogen-bond donors (Lipinski definition) is 2. The standard InChI is InChI=1S/C17H17NO4S/c1-11-5-8-15(10-16(11)17(19)20)23(21,22)18-14-7-6-12-3-2-4-13(12)9-14/h5-10,18H,2-4H2,1H3,(H,19,20). The van der Waals surface area contributed by atoms with Crippen LogP contribution in [0.15, 0.2) is 41.3 Å². The number of aromatic carboxylic acids is 1. The van der Waals surface area contributed by atoms with E-state index in [1.807, 2.05) is 12.1 Å². The first-order valence-corrected chi connectivity index (χ1v) is 8.84. The Labute approximate surface area is 135 Å². The molecule has 0 unspecified atom stereocenters. The summed E-state index contributed by atoms with van der Waals surface area (Å²) >= 11 is 0. The van der Waals surface area contributed by atoms with Crippen LogP contribution in [0, 0.1) is 6.92 Å². The molecule has 2 aromatic rings. The molecular formula is C17H17NO4S. The number of sulfonamides is 1. The minimum Gasteiger partial charge on any atom is -0.478 e. The topological polar surface area (TPSA) is 83.5 Å². The Hall–Kier alpha value is -2.34. The summed E-state index contributed by atoms with van der Waals surface area (Å²) in [6.45, 7) is 1.63. The van der Waals surface area contributed by atoms with Gasteiger partial charge in [-0.2, -0.15) is 0 Å². The molecule has 0 aliphatic heterocycles. The molecule has 0 heterocycles. The molecule has 0 fully saturated rings. The van der Waals surface area contributed by atoms with E-state index in [9.17, 15) is 13.2 Å². The zero-order chi connectivity index (χ0) is 16.6. The van der Waals surface area contributed by atoms with Gasteiger partial charge >= 0.3 is 5.97 Å². The number of anilines is 1. The van der Waals surface area contributed by atoms with E-state index in [1.165, 1.54) is 29.3 Å². The van der Waals surface area contributed by atoms with Gasteiger partial charge < -0.3 is 5.11 Å². The highest BCUT2D eigenvalue weighted by Crippen LogP contribution is 2.26. The van der Waals surface area contributed by atoms with Gasteiger partial charge in [-0.3, -0.25) is 4.72 Å². The first-order valence-electron chi connectivity index (χ1n) is 7.35. The fourth-order valence-electron chi connectivity index (χ4n) is 2.85. The highest BCUT2D eigenvalue weighted by molar-refractivity contribution is 7.92. The fraction of sp³-hybridized carbons (Fsp3) is 0.235. The van der Waals surface area contributed by atoms with Crippen molar-refractivity contribution in [2.75, 3.05) is 4.72 Å². The second-order valence-electron chi connectivity index (χ2n) is 5.72. The number of rotatable bonds is 4. The first kappa shape index (κ1) is 15.6. The van der Waals surface area contributed by atoms with Gasteiger partial charge in [-0.05, 0) is 67.1 Å². The van der Waals surface area contributed by atoms with Crippen molar-refractivity contribution >= 4 is 21.7 Å². The molecule has 120 valence electrons. The summed E-state index contributed by atoms with van der Waals surface area (Å²) in [5.41, 5.74) is 3.44. The molecule has 0 aromatic heterocycles. The highest BCUT2D eigenvalue weighted by Gasteiger charge is 2.19. The van der Waals surface area contributed by atoms with Crippen LogP contribution in [0.1, 0.15) is 33.5 Å². The maximum atomic E-state index is 12.5. The van der Waals surface area contributed by atoms with Gasteiger partial charge in [0.25, 0.3) is 10.0 Å². The number of benzene rings is 2. The number of nitrogens with one attached hydrogen (secondary N) is 1. The lowest BCUT2D eigenvalue weighted by Crippen LogP contribution is -2.14. The minimum absolute atomic E-state index is 0.0122. The Morgan fingerprint density at radius 2 is 1.83 bits per heavy atom. The van der Waals surface area contributed by atoms with E-state index in [0.29, 0.717) is 11.3 Å². The van der Waals surface area contributed by atoms with E-state index < -0.39 is 16.0 Å². The Morgan fingerprint density at radius 3 is 2.57 bits per heavy atom. The smallest absolute Gasteiger partial charge is 0.335 e. The van der Waals surface area contributed by atoms with Crippen molar-refractivity contribution in [2.24, 2.45) is 0 Å². The van der Waals surface area contributed by atoms with Gasteiger partial charge in [0.1, 0.15) is 0 Å². The molecule has 0 atom stereocenters. The Morgan fingerprint density at radius 1 is 1.09 bits per heavy atom. The summed E-state index contributed by atoms with van der Waals surface area (Å²) in [4.78, 5) is 11.1. The van der Waals surface area contributed by atoms with Gasteiger partial charge in [0.2, 0.25) is 0 Å². The van der Waals surface area contributed by atoms with Crippen LogP contribution in [-0.2, 0) is 22.9 Å². The second kappa shape index (κ2) is 5.70. The maximum Gasteiger partial charge on any atom is 0.335 e. The largest absolute Gasteiger partial charge is 0.478 e. The van der Waals surface area contributed by atoms with Gasteiger partial charge in [0.05, 0.1) is 10.5 Å². The van der Waals surface area contributed by atoms with Crippen LogP contribution in [0.5, 0.6) is 0 Å². The average molecular weight is 331 g/mol. The summed E-state index contributed by atoms with van der Waals surface area (Å²) < 4.78 is 27.5. The van der Waals surface area contributed by atoms with Crippen LogP contribution in [0.2, 0.25) is 0 Å². The Bertz CT molecular complexity index is 887. The van der Waals surface area contributed by atoms with Crippen LogP contribution in [0.4, 0.5) is 5.69 Å². The molecule has 0 bridgehead atoms. The van der Waals surface area contributed by atoms with E-state index in [-0.39, 0.29) is 10.5 Å². The molecule has 0 spiro atoms. The third kappa shape index (κ3) is 3.07. The molecule has 0 radical (unpaired) electrons. The van der Waals surface area contributed by atoms with Crippen LogP contribution in [0.25, 0.3) is 0 Å². The van der Waals surface area contributed by atoms with Crippen molar-refractivity contribution in [3.63, 3.8) is 0 Å². The quantitative estimate of drug-likeness (QED) is 0.902. The molecule has 0 saturated carbocycles. The first-order chi connectivity index (χ1) is 10.9. The zero-order valence-electron chi connectivity index (χ0n) is 12.7. The van der Waals surface area contributed by atoms with Crippen molar-refractivity contribution in [3.8, 4) is 0 Å². The van der Waals surface area contributed by atoms with E-state index >= 15 is 0 Å². The molecule has 2 aromatic carbocycles. The SMILES string of the molecule is Cc1ccc(S(=O)(=O)Nc2ccc3c(c2)CCC3)cc1C(=O)O. The number of carboxylic acid groups (broad SMARTS) is 1. The molecule has 0 saturated heterocycles. The van der Waals surface area contributed by atoms with Crippen LogP contribution < -0.4 is 4.72 Å². The highest BCUT2D eigenvalue weighted by atomic mass is 32.2. The van der Waals surface area contributed by atoms with E-state index in [4.69, 9.17) is 5.11 Å². The molecular weight excluding hydrogens is 314 g/mol. The van der Waals surface area contributed by atoms with Gasteiger partial charge in [-0.15, -0.1) is 0 Å². The van der Waals surface area contributed by atoms with Gasteiger partial charge in [-0.1, -0.05) is 12.1 Å². The number of aryl methyl sites for hydroxylation is 3. The molecule has 1 aliphatic rings. The molecule has 3 rings (SSSR count). The molecule has 23 heavy (non-hydrogen) atoms. The molecule has 6 heteroatoms. The lowest BCUT2D eigenvalue weighted by molar-refractivity contribution is 0.0696. The summed E-state index contributed by atoms with van der Waals surface area (Å²) in [6, 6.07) is 9.64. The monoisotopic (exact) mass is 331 g/mol. The minimum atomic E-state index is -3.82. The van der Waals surface area contributed by atoms with Crippen molar-refractivity contribution in [1.29, 1.82) is 0 Å². The average Bonchev–Trinajstić information content (AvgIpc) is 2.94. The zero-order valence-corrected chi connectivity index (χ0v) is 13.5. The third-order valence-corrected chi connectivity index (χ3v) is 5.48. The number of carboxylic acids is 1. The lowest BCUT2D eigenvalue weighted by atomic mass is 10.1. The summed E-state index contributed by atoms with van der Waals surface area (Å²) in [6.07, 6.45) is 3.08. The molecule has 0 amide bonds. The van der Waals surface area contributed by atoms with Crippen molar-refractivity contribution < 1.29 is 18.3 Å². The maximum absolute atomic E-state index is 12.5. The summed E-state index contributed by atoms with van der Waals surface area (Å²) in [5, 5.41) is 9.14. The number of carbonyl (C=O) groups is 1. The van der Waals surface area contributed by atoms with E-state index in [0.717, 1.165) is 19.3 Å². The van der Waals surface area contributed by atoms with Crippen molar-refractivity contribution in [2.45, 2.75) is 31.1 Å². The Balaban J connectivity index is 1.93.